The van der Waals surface area contributed by atoms with Gasteiger partial charge < -0.3 is 24.4 Å². The van der Waals surface area contributed by atoms with E-state index in [2.05, 4.69) is 35.7 Å². The molecule has 0 radical (unpaired) electrons. The molecule has 0 aliphatic carbocycles. The van der Waals surface area contributed by atoms with Gasteiger partial charge in [-0.3, -0.25) is 0 Å². The quantitative estimate of drug-likeness (QED) is 0.317. The molecule has 4 rings (SSSR count). The molecule has 0 bridgehead atoms. The van der Waals surface area contributed by atoms with E-state index in [1.807, 2.05) is 62.4 Å². The molecule has 0 atom stereocenters. The number of hydrogen-bond donors (Lipinski definition) is 2. The van der Waals surface area contributed by atoms with Crippen LogP contribution in [0.5, 0.6) is 11.5 Å². The summed E-state index contributed by atoms with van der Waals surface area (Å²) >= 11 is 0. The van der Waals surface area contributed by atoms with Crippen LogP contribution in [0.25, 0.3) is 0 Å². The minimum Gasteiger partial charge on any atom is -0.494 e. The largest absolute Gasteiger partial charge is 0.494 e. The van der Waals surface area contributed by atoms with Crippen molar-refractivity contribution in [1.82, 2.24) is 15.0 Å². The first kappa shape index (κ1) is 24.2. The fraction of sp³-hybridized carbons (Fsp3) is 0.360. The Bertz CT molecular complexity index is 1110. The summed E-state index contributed by atoms with van der Waals surface area (Å²) in [6.45, 7) is 8.32. The molecule has 0 spiro atoms. The van der Waals surface area contributed by atoms with Crippen LogP contribution >= 0.6 is 0 Å². The summed E-state index contributed by atoms with van der Waals surface area (Å²) in [7, 11) is 0. The Kier molecular flexibility index (Phi) is 8.66. The Labute approximate surface area is 205 Å². The molecule has 10 nitrogen and oxygen atoms in total. The van der Waals surface area contributed by atoms with Crippen molar-refractivity contribution >= 4 is 24.1 Å². The molecule has 2 heterocycles. The van der Waals surface area contributed by atoms with Crippen molar-refractivity contribution in [3.63, 3.8) is 0 Å². The van der Waals surface area contributed by atoms with Crippen LogP contribution in [0.15, 0.2) is 53.6 Å². The Hall–Kier alpha value is -3.92. The van der Waals surface area contributed by atoms with Crippen LogP contribution in [0.4, 0.5) is 17.8 Å². The number of ether oxygens (including phenoxy) is 3. The minimum absolute atomic E-state index is 0.345. The zero-order chi connectivity index (χ0) is 24.3. The maximum Gasteiger partial charge on any atom is 0.250 e. The van der Waals surface area contributed by atoms with Crippen molar-refractivity contribution in [3.05, 3.63) is 59.7 Å². The predicted octanol–water partition coefficient (Wildman–Crippen LogP) is 3.56. The molecular weight excluding hydrogens is 446 g/mol. The van der Waals surface area contributed by atoms with Gasteiger partial charge in [-0.05, 0) is 31.5 Å². The Balaban J connectivity index is 1.52. The summed E-state index contributed by atoms with van der Waals surface area (Å²) in [6.07, 6.45) is 1.68. The van der Waals surface area contributed by atoms with Crippen molar-refractivity contribution in [2.24, 2.45) is 5.10 Å². The number of aromatic nitrogens is 3. The highest BCUT2D eigenvalue weighted by atomic mass is 16.5. The lowest BCUT2D eigenvalue weighted by Crippen LogP contribution is -2.37. The van der Waals surface area contributed by atoms with E-state index in [1.54, 1.807) is 6.21 Å². The van der Waals surface area contributed by atoms with E-state index in [0.29, 0.717) is 56.6 Å². The summed E-state index contributed by atoms with van der Waals surface area (Å²) < 4.78 is 16.8. The molecule has 2 N–H and O–H groups in total. The second-order valence-electron chi connectivity index (χ2n) is 7.66. The SMILES string of the molecule is CCOc1ccc(/C=N/Nc2nc(NCc3ccccc3)nc(N3CCOCC3)n2)c(OCC)c1. The van der Waals surface area contributed by atoms with Crippen molar-refractivity contribution in [1.29, 1.82) is 0 Å². The molecule has 1 aliphatic heterocycles. The third-order valence-electron chi connectivity index (χ3n) is 5.18. The van der Waals surface area contributed by atoms with E-state index in [9.17, 15) is 0 Å². The Morgan fingerprint density at radius 3 is 2.51 bits per heavy atom. The van der Waals surface area contributed by atoms with E-state index >= 15 is 0 Å². The van der Waals surface area contributed by atoms with Crippen LogP contribution in [0, 0.1) is 0 Å². The molecule has 1 saturated heterocycles. The molecule has 1 fully saturated rings. The molecule has 1 aromatic heterocycles. The summed E-state index contributed by atoms with van der Waals surface area (Å²) in [5.41, 5.74) is 4.89. The third kappa shape index (κ3) is 7.03. The monoisotopic (exact) mass is 477 g/mol. The van der Waals surface area contributed by atoms with Crippen LogP contribution in [-0.2, 0) is 11.3 Å². The van der Waals surface area contributed by atoms with Gasteiger partial charge in [0.1, 0.15) is 11.5 Å². The van der Waals surface area contributed by atoms with Crippen molar-refractivity contribution < 1.29 is 14.2 Å². The standard InChI is InChI=1S/C25H31N7O3/c1-3-34-21-11-10-20(22(16-21)35-4-2)18-27-31-24-28-23(26-17-19-8-6-5-7-9-19)29-25(30-24)32-12-14-33-15-13-32/h5-11,16,18H,3-4,12-15,17H2,1-2H3,(H2,26,28,29,30,31)/b27-18+. The number of anilines is 3. The van der Waals surface area contributed by atoms with Crippen LogP contribution < -0.4 is 25.1 Å². The van der Waals surface area contributed by atoms with Crippen LogP contribution in [0.3, 0.4) is 0 Å². The van der Waals surface area contributed by atoms with Crippen LogP contribution in [0.1, 0.15) is 25.0 Å². The summed E-state index contributed by atoms with van der Waals surface area (Å²) in [6, 6.07) is 15.7. The average Bonchev–Trinajstić information content (AvgIpc) is 2.90. The number of nitrogens with zero attached hydrogens (tertiary/aromatic N) is 5. The molecule has 35 heavy (non-hydrogen) atoms. The summed E-state index contributed by atoms with van der Waals surface area (Å²) in [5.74, 6) is 2.84. The van der Waals surface area contributed by atoms with Gasteiger partial charge in [-0.15, -0.1) is 0 Å². The highest BCUT2D eigenvalue weighted by Gasteiger charge is 2.16. The number of rotatable bonds is 11. The van der Waals surface area contributed by atoms with E-state index in [4.69, 9.17) is 14.2 Å². The fourth-order valence-electron chi connectivity index (χ4n) is 3.49. The first-order valence-corrected chi connectivity index (χ1v) is 11.8. The molecule has 0 saturated carbocycles. The minimum atomic E-state index is 0.345. The molecule has 2 aromatic carbocycles. The van der Waals surface area contributed by atoms with Gasteiger partial charge in [0.05, 0.1) is 32.6 Å². The topological polar surface area (TPSA) is 106 Å². The lowest BCUT2D eigenvalue weighted by molar-refractivity contribution is 0.122. The number of nitrogens with one attached hydrogen (secondary N) is 2. The van der Waals surface area contributed by atoms with E-state index < -0.39 is 0 Å². The van der Waals surface area contributed by atoms with Gasteiger partial charge in [0.25, 0.3) is 0 Å². The van der Waals surface area contributed by atoms with Crippen LogP contribution in [-0.4, -0.2) is 60.7 Å². The highest BCUT2D eigenvalue weighted by molar-refractivity contribution is 5.84. The molecule has 0 unspecified atom stereocenters. The number of morpholine rings is 1. The van der Waals surface area contributed by atoms with Gasteiger partial charge >= 0.3 is 0 Å². The molecule has 184 valence electrons. The van der Waals surface area contributed by atoms with Crippen LogP contribution in [0.2, 0.25) is 0 Å². The molecule has 1 aliphatic rings. The normalized spacial score (nSPS) is 13.6. The highest BCUT2D eigenvalue weighted by Crippen LogP contribution is 2.24. The molecular formula is C25H31N7O3. The number of hydrazone groups is 1. The van der Waals surface area contributed by atoms with E-state index in [0.717, 1.165) is 30.0 Å². The smallest absolute Gasteiger partial charge is 0.250 e. The van der Waals surface area contributed by atoms with Gasteiger partial charge in [0.15, 0.2) is 0 Å². The summed E-state index contributed by atoms with van der Waals surface area (Å²) in [4.78, 5) is 15.8. The molecule has 3 aromatic rings. The molecule has 10 heteroatoms. The lowest BCUT2D eigenvalue weighted by atomic mass is 10.2. The Morgan fingerprint density at radius 1 is 0.971 bits per heavy atom. The van der Waals surface area contributed by atoms with Gasteiger partial charge in [0.2, 0.25) is 17.8 Å². The Morgan fingerprint density at radius 2 is 1.74 bits per heavy atom. The third-order valence-corrected chi connectivity index (χ3v) is 5.18. The molecule has 0 amide bonds. The predicted molar refractivity (Wildman–Crippen MR) is 137 cm³/mol. The maximum absolute atomic E-state index is 5.75. The second-order valence-corrected chi connectivity index (χ2v) is 7.66. The number of hydrogen-bond acceptors (Lipinski definition) is 10. The second kappa shape index (κ2) is 12.5. The van der Waals surface area contributed by atoms with Crippen molar-refractivity contribution in [3.8, 4) is 11.5 Å². The van der Waals surface area contributed by atoms with E-state index in [1.165, 1.54) is 0 Å². The van der Waals surface area contributed by atoms with Crippen molar-refractivity contribution in [2.75, 3.05) is 55.2 Å². The van der Waals surface area contributed by atoms with Gasteiger partial charge in [-0.2, -0.15) is 20.1 Å². The van der Waals surface area contributed by atoms with Gasteiger partial charge in [-0.1, -0.05) is 30.3 Å². The first-order valence-electron chi connectivity index (χ1n) is 11.8. The van der Waals surface area contributed by atoms with Crippen molar-refractivity contribution in [2.45, 2.75) is 20.4 Å². The lowest BCUT2D eigenvalue weighted by Gasteiger charge is -2.27. The van der Waals surface area contributed by atoms with Gasteiger partial charge in [0, 0.05) is 31.3 Å². The number of benzene rings is 2. The van der Waals surface area contributed by atoms with Gasteiger partial charge in [-0.25, -0.2) is 5.43 Å². The first-order chi connectivity index (χ1) is 17.2. The average molecular weight is 478 g/mol. The maximum atomic E-state index is 5.75. The zero-order valence-corrected chi connectivity index (χ0v) is 20.1. The fourth-order valence-corrected chi connectivity index (χ4v) is 3.49. The van der Waals surface area contributed by atoms with E-state index in [-0.39, 0.29) is 0 Å². The zero-order valence-electron chi connectivity index (χ0n) is 20.1. The summed E-state index contributed by atoms with van der Waals surface area (Å²) in [5, 5.41) is 7.64.